The minimum atomic E-state index is -0.903. The maximum absolute atomic E-state index is 12.1. The predicted molar refractivity (Wildman–Crippen MR) is 73.4 cm³/mol. The topological polar surface area (TPSA) is 75.6 Å². The van der Waals surface area contributed by atoms with Crippen LogP contribution < -0.4 is 10.1 Å². The summed E-state index contributed by atoms with van der Waals surface area (Å²) in [5.74, 6) is -1.37. The van der Waals surface area contributed by atoms with E-state index in [1.807, 2.05) is 38.1 Å². The molecular weight excluding hydrogens is 258 g/mol. The first kappa shape index (κ1) is 14.4. The van der Waals surface area contributed by atoms with Crippen LogP contribution in [0.5, 0.6) is 5.75 Å². The molecule has 0 heterocycles. The third-order valence-electron chi connectivity index (χ3n) is 3.66. The van der Waals surface area contributed by atoms with Crippen LogP contribution in [0.2, 0.25) is 0 Å². The van der Waals surface area contributed by atoms with Crippen molar-refractivity contribution in [2.75, 3.05) is 7.11 Å². The number of methoxy groups -OCH3 is 1. The van der Waals surface area contributed by atoms with Gasteiger partial charge in [0.15, 0.2) is 0 Å². The Morgan fingerprint density at radius 1 is 1.30 bits per heavy atom. The molecule has 0 aromatic heterocycles. The van der Waals surface area contributed by atoms with Crippen LogP contribution in [-0.4, -0.2) is 24.1 Å². The van der Waals surface area contributed by atoms with Crippen molar-refractivity contribution in [3.05, 3.63) is 29.8 Å². The molecule has 1 aromatic carbocycles. The second kappa shape index (κ2) is 5.15. The summed E-state index contributed by atoms with van der Waals surface area (Å²) in [6.07, 6.45) is 0.420. The van der Waals surface area contributed by atoms with Gasteiger partial charge in [-0.1, -0.05) is 18.2 Å². The lowest BCUT2D eigenvalue weighted by molar-refractivity contribution is -0.140. The van der Waals surface area contributed by atoms with Gasteiger partial charge in [-0.05, 0) is 26.3 Å². The first-order valence-corrected chi connectivity index (χ1v) is 6.55. The molecule has 0 spiro atoms. The highest BCUT2D eigenvalue weighted by Crippen LogP contribution is 2.40. The first-order valence-electron chi connectivity index (χ1n) is 6.55. The molecule has 5 heteroatoms. The third kappa shape index (κ3) is 2.76. The average molecular weight is 277 g/mol. The summed E-state index contributed by atoms with van der Waals surface area (Å²) in [7, 11) is 1.58. The van der Waals surface area contributed by atoms with Gasteiger partial charge in [0.05, 0.1) is 24.5 Å². The molecule has 0 bridgehead atoms. The molecule has 0 radical (unpaired) electrons. The maximum Gasteiger partial charge on any atom is 0.307 e. The van der Waals surface area contributed by atoms with Crippen LogP contribution >= 0.6 is 0 Å². The predicted octanol–water partition coefficient (Wildman–Crippen LogP) is 1.77. The van der Waals surface area contributed by atoms with Gasteiger partial charge in [0.2, 0.25) is 5.91 Å². The van der Waals surface area contributed by atoms with Gasteiger partial charge in [-0.25, -0.2) is 0 Å². The van der Waals surface area contributed by atoms with Crippen LogP contribution in [0.3, 0.4) is 0 Å². The van der Waals surface area contributed by atoms with Crippen LogP contribution in [0, 0.1) is 11.8 Å². The Morgan fingerprint density at radius 2 is 1.95 bits per heavy atom. The van der Waals surface area contributed by atoms with E-state index in [1.165, 1.54) is 0 Å². The summed E-state index contributed by atoms with van der Waals surface area (Å²) in [5.41, 5.74) is 0.248. The van der Waals surface area contributed by atoms with E-state index >= 15 is 0 Å². The number of hydrogen-bond donors (Lipinski definition) is 2. The molecule has 2 unspecified atom stereocenters. The number of carboxylic acids is 1. The minimum absolute atomic E-state index is 0.215. The summed E-state index contributed by atoms with van der Waals surface area (Å²) in [6, 6.07) is 7.46. The molecule has 20 heavy (non-hydrogen) atoms. The van der Waals surface area contributed by atoms with Gasteiger partial charge in [-0.3, -0.25) is 9.59 Å². The molecule has 1 saturated carbocycles. The number of rotatable bonds is 5. The number of carbonyl (C=O) groups excluding carboxylic acids is 1. The smallest absolute Gasteiger partial charge is 0.307 e. The molecule has 1 aliphatic rings. The Bertz CT molecular complexity index is 538. The van der Waals surface area contributed by atoms with Gasteiger partial charge in [-0.15, -0.1) is 0 Å². The molecule has 0 saturated heterocycles. The second-order valence-electron chi connectivity index (χ2n) is 5.60. The number of benzene rings is 1. The normalized spacial score (nSPS) is 21.1. The zero-order valence-electron chi connectivity index (χ0n) is 11.8. The number of carboxylic acid groups (broad SMARTS) is 1. The van der Waals surface area contributed by atoms with Crippen molar-refractivity contribution >= 4 is 11.9 Å². The minimum Gasteiger partial charge on any atom is -0.496 e. The Morgan fingerprint density at radius 3 is 2.50 bits per heavy atom. The third-order valence-corrected chi connectivity index (χ3v) is 3.66. The molecule has 108 valence electrons. The van der Waals surface area contributed by atoms with Crippen LogP contribution in [0.25, 0.3) is 0 Å². The Balaban J connectivity index is 2.11. The van der Waals surface area contributed by atoms with Gasteiger partial charge in [-0.2, -0.15) is 0 Å². The summed E-state index contributed by atoms with van der Waals surface area (Å²) in [6.45, 7) is 3.75. The zero-order chi connectivity index (χ0) is 14.9. The van der Waals surface area contributed by atoms with Gasteiger partial charge in [0.25, 0.3) is 0 Å². The van der Waals surface area contributed by atoms with Crippen molar-refractivity contribution < 1.29 is 19.4 Å². The fraction of sp³-hybridized carbons (Fsp3) is 0.467. The molecule has 1 amide bonds. The summed E-state index contributed by atoms with van der Waals surface area (Å²) in [5, 5.41) is 11.8. The standard InChI is InChI=1S/C15H19NO4/c1-15(2,11-6-4-5-7-12(11)20-3)16-13(17)9-8-10(9)14(18)19/h4-7,9-10H,8H2,1-3H3,(H,16,17)(H,18,19). The van der Waals surface area contributed by atoms with Gasteiger partial charge in [0.1, 0.15) is 5.75 Å². The lowest BCUT2D eigenvalue weighted by Gasteiger charge is -2.28. The van der Waals surface area contributed by atoms with E-state index in [0.29, 0.717) is 12.2 Å². The van der Waals surface area contributed by atoms with E-state index in [2.05, 4.69) is 5.32 Å². The SMILES string of the molecule is COc1ccccc1C(C)(C)NC(=O)C1CC1C(=O)O. The number of para-hydroxylation sites is 1. The monoisotopic (exact) mass is 277 g/mol. The lowest BCUT2D eigenvalue weighted by Crippen LogP contribution is -2.42. The molecule has 2 rings (SSSR count). The highest BCUT2D eigenvalue weighted by molar-refractivity contribution is 5.89. The molecule has 1 aromatic rings. The maximum atomic E-state index is 12.1. The molecular formula is C15H19NO4. The summed E-state index contributed by atoms with van der Waals surface area (Å²) in [4.78, 5) is 22.9. The average Bonchev–Trinajstić information content (AvgIpc) is 3.18. The van der Waals surface area contributed by atoms with E-state index in [4.69, 9.17) is 9.84 Å². The van der Waals surface area contributed by atoms with Gasteiger partial charge >= 0.3 is 5.97 Å². The van der Waals surface area contributed by atoms with Crippen molar-refractivity contribution in [2.45, 2.75) is 25.8 Å². The van der Waals surface area contributed by atoms with E-state index in [0.717, 1.165) is 5.56 Å². The van der Waals surface area contributed by atoms with Crippen molar-refractivity contribution in [1.82, 2.24) is 5.32 Å². The highest BCUT2D eigenvalue weighted by Gasteiger charge is 2.49. The summed E-state index contributed by atoms with van der Waals surface area (Å²) >= 11 is 0. The van der Waals surface area contributed by atoms with Crippen LogP contribution in [-0.2, 0) is 15.1 Å². The Labute approximate surface area is 117 Å². The van der Waals surface area contributed by atoms with Crippen molar-refractivity contribution in [3.8, 4) is 5.75 Å². The number of carbonyl (C=O) groups is 2. The molecule has 2 atom stereocenters. The van der Waals surface area contributed by atoms with E-state index in [9.17, 15) is 9.59 Å². The van der Waals surface area contributed by atoms with Crippen molar-refractivity contribution in [3.63, 3.8) is 0 Å². The van der Waals surface area contributed by atoms with E-state index < -0.39 is 23.3 Å². The fourth-order valence-electron chi connectivity index (χ4n) is 2.39. The summed E-state index contributed by atoms with van der Waals surface area (Å²) < 4.78 is 5.30. The molecule has 2 N–H and O–H groups in total. The molecule has 1 fully saturated rings. The lowest BCUT2D eigenvalue weighted by atomic mass is 9.93. The number of amides is 1. The molecule has 1 aliphatic carbocycles. The Hall–Kier alpha value is -2.04. The van der Waals surface area contributed by atoms with Crippen LogP contribution in [0.1, 0.15) is 25.8 Å². The zero-order valence-corrected chi connectivity index (χ0v) is 11.8. The number of nitrogens with one attached hydrogen (secondary N) is 1. The van der Waals surface area contributed by atoms with E-state index in [-0.39, 0.29) is 5.91 Å². The van der Waals surface area contributed by atoms with E-state index in [1.54, 1.807) is 7.11 Å². The van der Waals surface area contributed by atoms with Crippen molar-refractivity contribution in [2.24, 2.45) is 11.8 Å². The number of ether oxygens (including phenoxy) is 1. The van der Waals surface area contributed by atoms with Crippen LogP contribution in [0.4, 0.5) is 0 Å². The van der Waals surface area contributed by atoms with Crippen LogP contribution in [0.15, 0.2) is 24.3 Å². The first-order chi connectivity index (χ1) is 9.36. The highest BCUT2D eigenvalue weighted by atomic mass is 16.5. The fourth-order valence-corrected chi connectivity index (χ4v) is 2.39. The van der Waals surface area contributed by atoms with Crippen molar-refractivity contribution in [1.29, 1.82) is 0 Å². The van der Waals surface area contributed by atoms with Gasteiger partial charge in [0, 0.05) is 5.56 Å². The van der Waals surface area contributed by atoms with Gasteiger partial charge < -0.3 is 15.2 Å². The quantitative estimate of drug-likeness (QED) is 0.860. The number of hydrogen-bond acceptors (Lipinski definition) is 3. The molecule has 5 nitrogen and oxygen atoms in total. The second-order valence-corrected chi connectivity index (χ2v) is 5.60. The number of aliphatic carboxylic acids is 1. The molecule has 0 aliphatic heterocycles. The Kier molecular flexibility index (Phi) is 3.70. The largest absolute Gasteiger partial charge is 0.496 e.